The molecule has 0 spiro atoms. The van der Waals surface area contributed by atoms with Gasteiger partial charge in [0.25, 0.3) is 0 Å². The third-order valence-corrected chi connectivity index (χ3v) is 3.79. The Morgan fingerprint density at radius 2 is 1.93 bits per heavy atom. The van der Waals surface area contributed by atoms with Crippen molar-refractivity contribution in [3.8, 4) is 0 Å². The molecule has 0 radical (unpaired) electrons. The maximum atomic E-state index is 11.5. The standard InChI is InChI=1S/C10H23O3P/c1-4-7-8-10(6-3)13-14(11,12)9-5-2/h10H,4-9H2,1-3H3,(H,11,12). The van der Waals surface area contributed by atoms with Crippen molar-refractivity contribution in [1.82, 2.24) is 0 Å². The lowest BCUT2D eigenvalue weighted by molar-refractivity contribution is 0.158. The average molecular weight is 222 g/mol. The zero-order valence-corrected chi connectivity index (χ0v) is 10.4. The van der Waals surface area contributed by atoms with Crippen LogP contribution in [-0.4, -0.2) is 17.2 Å². The van der Waals surface area contributed by atoms with Crippen molar-refractivity contribution in [3.63, 3.8) is 0 Å². The molecule has 1 N–H and O–H groups in total. The average Bonchev–Trinajstić information content (AvgIpc) is 2.12. The molecule has 0 bridgehead atoms. The molecule has 0 heterocycles. The summed E-state index contributed by atoms with van der Waals surface area (Å²) < 4.78 is 16.7. The van der Waals surface area contributed by atoms with Crippen molar-refractivity contribution < 1.29 is 14.0 Å². The molecular formula is C10H23O3P. The van der Waals surface area contributed by atoms with E-state index in [4.69, 9.17) is 4.52 Å². The van der Waals surface area contributed by atoms with Gasteiger partial charge in [0.2, 0.25) is 0 Å². The fraction of sp³-hybridized carbons (Fsp3) is 1.00. The molecule has 0 aromatic heterocycles. The van der Waals surface area contributed by atoms with E-state index >= 15 is 0 Å². The van der Waals surface area contributed by atoms with Crippen LogP contribution in [0.3, 0.4) is 0 Å². The minimum atomic E-state index is -3.31. The number of unbranched alkanes of at least 4 members (excludes halogenated alkanes) is 1. The molecule has 0 aliphatic heterocycles. The Labute approximate surface area is 87.4 Å². The molecule has 0 saturated heterocycles. The fourth-order valence-corrected chi connectivity index (χ4v) is 2.72. The van der Waals surface area contributed by atoms with Gasteiger partial charge in [-0.15, -0.1) is 0 Å². The van der Waals surface area contributed by atoms with E-state index in [0.29, 0.717) is 6.42 Å². The summed E-state index contributed by atoms with van der Waals surface area (Å²) in [5.74, 6) is 0. The molecule has 0 amide bonds. The van der Waals surface area contributed by atoms with Crippen LogP contribution in [0.15, 0.2) is 0 Å². The predicted octanol–water partition coefficient (Wildman–Crippen LogP) is 3.57. The van der Waals surface area contributed by atoms with E-state index < -0.39 is 7.60 Å². The molecule has 14 heavy (non-hydrogen) atoms. The van der Waals surface area contributed by atoms with Crippen molar-refractivity contribution in [2.24, 2.45) is 0 Å². The minimum absolute atomic E-state index is 0.0441. The molecule has 0 aliphatic carbocycles. The van der Waals surface area contributed by atoms with Crippen LogP contribution >= 0.6 is 7.60 Å². The van der Waals surface area contributed by atoms with Crippen LogP contribution in [0.1, 0.15) is 52.9 Å². The summed E-state index contributed by atoms with van der Waals surface area (Å²) in [7, 11) is -3.31. The van der Waals surface area contributed by atoms with E-state index in [0.717, 1.165) is 25.7 Å². The second-order valence-corrected chi connectivity index (χ2v) is 5.57. The van der Waals surface area contributed by atoms with Crippen LogP contribution < -0.4 is 0 Å². The Morgan fingerprint density at radius 3 is 2.36 bits per heavy atom. The van der Waals surface area contributed by atoms with E-state index in [2.05, 4.69) is 6.92 Å². The van der Waals surface area contributed by atoms with Gasteiger partial charge in [0, 0.05) is 6.16 Å². The van der Waals surface area contributed by atoms with Crippen molar-refractivity contribution >= 4 is 7.60 Å². The largest absolute Gasteiger partial charge is 0.328 e. The first kappa shape index (κ1) is 14.2. The molecule has 0 rings (SSSR count). The Balaban J connectivity index is 3.96. The third-order valence-electron chi connectivity index (χ3n) is 2.15. The molecule has 0 aromatic carbocycles. The highest BCUT2D eigenvalue weighted by atomic mass is 31.2. The summed E-state index contributed by atoms with van der Waals surface area (Å²) in [6.07, 6.45) is 4.79. The second kappa shape index (κ2) is 7.44. The molecule has 86 valence electrons. The lowest BCUT2D eigenvalue weighted by Crippen LogP contribution is -2.11. The van der Waals surface area contributed by atoms with Gasteiger partial charge in [0.1, 0.15) is 0 Å². The monoisotopic (exact) mass is 222 g/mol. The van der Waals surface area contributed by atoms with Crippen molar-refractivity contribution in [2.45, 2.75) is 59.0 Å². The Bertz CT molecular complexity index is 182. The van der Waals surface area contributed by atoms with E-state index in [9.17, 15) is 9.46 Å². The van der Waals surface area contributed by atoms with Crippen LogP contribution in [0, 0.1) is 0 Å². The molecule has 3 nitrogen and oxygen atoms in total. The highest BCUT2D eigenvalue weighted by Crippen LogP contribution is 2.44. The number of hydrogen-bond donors (Lipinski definition) is 1. The number of rotatable bonds is 8. The summed E-state index contributed by atoms with van der Waals surface area (Å²) >= 11 is 0. The first-order valence-corrected chi connectivity index (χ1v) is 7.32. The number of hydrogen-bond acceptors (Lipinski definition) is 2. The highest BCUT2D eigenvalue weighted by Gasteiger charge is 2.22. The lowest BCUT2D eigenvalue weighted by atomic mass is 10.1. The van der Waals surface area contributed by atoms with Gasteiger partial charge >= 0.3 is 7.60 Å². The topological polar surface area (TPSA) is 46.5 Å². The van der Waals surface area contributed by atoms with Gasteiger partial charge in [-0.2, -0.15) is 0 Å². The van der Waals surface area contributed by atoms with Gasteiger partial charge in [0.15, 0.2) is 0 Å². The van der Waals surface area contributed by atoms with Crippen molar-refractivity contribution in [2.75, 3.05) is 6.16 Å². The maximum Gasteiger partial charge on any atom is 0.328 e. The van der Waals surface area contributed by atoms with Gasteiger partial charge in [-0.3, -0.25) is 4.57 Å². The van der Waals surface area contributed by atoms with Crippen LogP contribution in [0.4, 0.5) is 0 Å². The first-order chi connectivity index (χ1) is 6.55. The Kier molecular flexibility index (Phi) is 7.52. The fourth-order valence-electron chi connectivity index (χ4n) is 1.33. The minimum Gasteiger partial charge on any atom is -0.324 e. The van der Waals surface area contributed by atoms with Gasteiger partial charge in [-0.1, -0.05) is 33.6 Å². The maximum absolute atomic E-state index is 11.5. The second-order valence-electron chi connectivity index (χ2n) is 3.64. The summed E-state index contributed by atoms with van der Waals surface area (Å²) in [6.45, 7) is 5.99. The van der Waals surface area contributed by atoms with Gasteiger partial charge < -0.3 is 9.42 Å². The molecule has 2 unspecified atom stereocenters. The van der Waals surface area contributed by atoms with E-state index in [1.165, 1.54) is 0 Å². The van der Waals surface area contributed by atoms with E-state index in [-0.39, 0.29) is 12.3 Å². The molecule has 0 saturated carbocycles. The SMILES string of the molecule is CCCCC(CC)OP(=O)(O)CCC. The van der Waals surface area contributed by atoms with Crippen molar-refractivity contribution in [1.29, 1.82) is 0 Å². The van der Waals surface area contributed by atoms with Crippen LogP contribution in [0.5, 0.6) is 0 Å². The molecule has 0 fully saturated rings. The third kappa shape index (κ3) is 6.58. The van der Waals surface area contributed by atoms with Gasteiger partial charge in [0.05, 0.1) is 6.10 Å². The molecular weight excluding hydrogens is 199 g/mol. The van der Waals surface area contributed by atoms with Crippen LogP contribution in [0.25, 0.3) is 0 Å². The summed E-state index contributed by atoms with van der Waals surface area (Å²) in [5.41, 5.74) is 0. The zero-order chi connectivity index (χ0) is 11.0. The summed E-state index contributed by atoms with van der Waals surface area (Å²) in [5, 5.41) is 0. The smallest absolute Gasteiger partial charge is 0.324 e. The zero-order valence-electron chi connectivity index (χ0n) is 9.53. The summed E-state index contributed by atoms with van der Waals surface area (Å²) in [6, 6.07) is 0. The highest BCUT2D eigenvalue weighted by molar-refractivity contribution is 7.52. The molecule has 2 atom stereocenters. The molecule has 4 heteroatoms. The van der Waals surface area contributed by atoms with E-state index in [1.54, 1.807) is 0 Å². The van der Waals surface area contributed by atoms with Crippen LogP contribution in [-0.2, 0) is 9.09 Å². The predicted molar refractivity (Wildman–Crippen MR) is 59.7 cm³/mol. The first-order valence-electron chi connectivity index (χ1n) is 5.55. The van der Waals surface area contributed by atoms with Gasteiger partial charge in [-0.25, -0.2) is 0 Å². The van der Waals surface area contributed by atoms with Gasteiger partial charge in [-0.05, 0) is 19.3 Å². The normalized spacial score (nSPS) is 17.7. The van der Waals surface area contributed by atoms with Crippen LogP contribution in [0.2, 0.25) is 0 Å². The lowest BCUT2D eigenvalue weighted by Gasteiger charge is -2.19. The Morgan fingerprint density at radius 1 is 1.29 bits per heavy atom. The molecule has 0 aromatic rings. The van der Waals surface area contributed by atoms with E-state index in [1.807, 2.05) is 13.8 Å². The summed E-state index contributed by atoms with van der Waals surface area (Å²) in [4.78, 5) is 9.45. The van der Waals surface area contributed by atoms with Crippen molar-refractivity contribution in [3.05, 3.63) is 0 Å². The molecule has 0 aliphatic rings. The Hall–Kier alpha value is 0.150. The quantitative estimate of drug-likeness (QED) is 0.638.